The lowest BCUT2D eigenvalue weighted by Gasteiger charge is -2.33. The molecule has 3 aromatic heterocycles. The number of pyridine rings is 1. The Morgan fingerprint density at radius 2 is 2.23 bits per heavy atom. The largest absolute Gasteiger partial charge is 0.353 e. The Bertz CT molecular complexity index is 942. The van der Waals surface area contributed by atoms with Crippen LogP contribution in [0, 0.1) is 6.92 Å². The molecule has 1 aliphatic heterocycles. The first kappa shape index (κ1) is 16.8. The van der Waals surface area contributed by atoms with Gasteiger partial charge in [-0.15, -0.1) is 0 Å². The van der Waals surface area contributed by atoms with Crippen LogP contribution >= 0.6 is 11.6 Å². The van der Waals surface area contributed by atoms with Crippen LogP contribution in [-0.4, -0.2) is 44.4 Å². The van der Waals surface area contributed by atoms with Crippen LogP contribution in [0.1, 0.15) is 29.0 Å². The van der Waals surface area contributed by atoms with Gasteiger partial charge in [0.1, 0.15) is 17.2 Å². The monoisotopic (exact) mass is 370 g/mol. The molecule has 0 aromatic carbocycles. The maximum atomic E-state index is 12.9. The van der Waals surface area contributed by atoms with E-state index in [9.17, 15) is 4.79 Å². The molecule has 1 amide bonds. The molecule has 134 valence electrons. The molecular weight excluding hydrogens is 352 g/mol. The van der Waals surface area contributed by atoms with Gasteiger partial charge in [-0.05, 0) is 31.9 Å². The lowest BCUT2D eigenvalue weighted by molar-refractivity contribution is 0.0926. The summed E-state index contributed by atoms with van der Waals surface area (Å²) in [5, 5.41) is 3.71. The minimum atomic E-state index is -0.136. The van der Waals surface area contributed by atoms with E-state index in [-0.39, 0.29) is 11.9 Å². The number of hydrogen-bond donors (Lipinski definition) is 1. The highest BCUT2D eigenvalue weighted by Gasteiger charge is 2.25. The maximum absolute atomic E-state index is 12.9. The van der Waals surface area contributed by atoms with Crippen molar-refractivity contribution in [2.24, 2.45) is 0 Å². The zero-order valence-electron chi connectivity index (χ0n) is 14.4. The number of amides is 1. The van der Waals surface area contributed by atoms with E-state index in [2.05, 4.69) is 25.2 Å². The van der Waals surface area contributed by atoms with E-state index >= 15 is 0 Å². The van der Waals surface area contributed by atoms with Crippen LogP contribution in [-0.2, 0) is 0 Å². The van der Waals surface area contributed by atoms with Gasteiger partial charge in [0.2, 0.25) is 0 Å². The molecule has 4 rings (SSSR count). The van der Waals surface area contributed by atoms with E-state index in [1.54, 1.807) is 35.3 Å². The second-order valence-corrected chi connectivity index (χ2v) is 6.88. The zero-order valence-corrected chi connectivity index (χ0v) is 15.1. The number of nitrogens with one attached hydrogen (secondary N) is 1. The van der Waals surface area contributed by atoms with Crippen molar-refractivity contribution in [1.82, 2.24) is 24.7 Å². The molecule has 7 nitrogen and oxygen atoms in total. The molecule has 1 aliphatic rings. The highest BCUT2D eigenvalue weighted by atomic mass is 35.5. The number of aromatic nitrogens is 4. The number of halogens is 1. The van der Waals surface area contributed by atoms with E-state index in [4.69, 9.17) is 11.6 Å². The minimum absolute atomic E-state index is 0.0439. The van der Waals surface area contributed by atoms with Gasteiger partial charge in [0.25, 0.3) is 5.91 Å². The summed E-state index contributed by atoms with van der Waals surface area (Å²) in [5.41, 5.74) is 1.92. The molecule has 0 bridgehead atoms. The number of piperidine rings is 1. The van der Waals surface area contributed by atoms with Crippen molar-refractivity contribution in [2.75, 3.05) is 18.0 Å². The summed E-state index contributed by atoms with van der Waals surface area (Å²) in [4.78, 5) is 28.0. The molecule has 3 aromatic rings. The van der Waals surface area contributed by atoms with Crippen LogP contribution in [0.15, 0.2) is 36.9 Å². The highest BCUT2D eigenvalue weighted by molar-refractivity contribution is 6.30. The minimum Gasteiger partial charge on any atom is -0.353 e. The molecule has 4 heterocycles. The number of fused-ring (bicyclic) bond motifs is 1. The molecule has 26 heavy (non-hydrogen) atoms. The molecule has 0 radical (unpaired) electrons. The van der Waals surface area contributed by atoms with Crippen molar-refractivity contribution in [3.63, 3.8) is 0 Å². The molecule has 1 fully saturated rings. The average molecular weight is 371 g/mol. The van der Waals surface area contributed by atoms with E-state index in [1.165, 1.54) is 0 Å². The van der Waals surface area contributed by atoms with Crippen molar-refractivity contribution < 1.29 is 4.79 Å². The van der Waals surface area contributed by atoms with Gasteiger partial charge in [-0.3, -0.25) is 14.2 Å². The molecule has 8 heteroatoms. The molecular formula is C18H19ClN6O. The number of carbonyl (C=O) groups is 1. The molecule has 1 atom stereocenters. The Morgan fingerprint density at radius 1 is 1.35 bits per heavy atom. The SMILES string of the molecule is Cc1nc2ccc(Cl)cn2c1C(=O)N[C@@H]1CCCN(c2cnccn2)C1. The Labute approximate surface area is 156 Å². The molecule has 1 saturated heterocycles. The number of imidazole rings is 1. The molecule has 0 saturated carbocycles. The van der Waals surface area contributed by atoms with Crippen molar-refractivity contribution in [3.8, 4) is 0 Å². The smallest absolute Gasteiger partial charge is 0.270 e. The number of nitrogens with zero attached hydrogens (tertiary/aromatic N) is 5. The van der Waals surface area contributed by atoms with Crippen LogP contribution in [0.3, 0.4) is 0 Å². The summed E-state index contributed by atoms with van der Waals surface area (Å²) in [6.45, 7) is 3.46. The molecule has 0 spiro atoms. The van der Waals surface area contributed by atoms with Gasteiger partial charge in [0.05, 0.1) is 16.9 Å². The fraction of sp³-hybridized carbons (Fsp3) is 0.333. The highest BCUT2D eigenvalue weighted by Crippen LogP contribution is 2.19. The predicted octanol–water partition coefficient (Wildman–Crippen LogP) is 2.48. The first-order valence-electron chi connectivity index (χ1n) is 8.58. The van der Waals surface area contributed by atoms with Crippen LogP contribution in [0.5, 0.6) is 0 Å². The molecule has 0 unspecified atom stereocenters. The van der Waals surface area contributed by atoms with E-state index < -0.39 is 0 Å². The standard InChI is InChI=1S/C18H19ClN6O/c1-12-17(25-10-13(19)4-5-15(25)22-12)18(26)23-14-3-2-8-24(11-14)16-9-20-6-7-21-16/h4-7,9-10,14H,2-3,8,11H2,1H3,(H,23,26)/t14-/m1/s1. The van der Waals surface area contributed by atoms with Gasteiger partial charge in [-0.1, -0.05) is 11.6 Å². The van der Waals surface area contributed by atoms with Gasteiger partial charge in [0.15, 0.2) is 0 Å². The topological polar surface area (TPSA) is 75.4 Å². The predicted molar refractivity (Wildman–Crippen MR) is 99.7 cm³/mol. The Kier molecular flexibility index (Phi) is 4.46. The van der Waals surface area contributed by atoms with E-state index in [0.29, 0.717) is 28.6 Å². The lowest BCUT2D eigenvalue weighted by Crippen LogP contribution is -2.48. The number of carbonyl (C=O) groups excluding carboxylic acids is 1. The Hall–Kier alpha value is -2.67. The summed E-state index contributed by atoms with van der Waals surface area (Å²) in [6, 6.07) is 3.62. The Morgan fingerprint density at radius 3 is 3.04 bits per heavy atom. The summed E-state index contributed by atoms with van der Waals surface area (Å²) < 4.78 is 1.75. The second-order valence-electron chi connectivity index (χ2n) is 6.44. The second kappa shape index (κ2) is 6.92. The Balaban J connectivity index is 1.53. The van der Waals surface area contributed by atoms with Crippen LogP contribution in [0.4, 0.5) is 5.82 Å². The van der Waals surface area contributed by atoms with Gasteiger partial charge in [-0.2, -0.15) is 0 Å². The van der Waals surface area contributed by atoms with Crippen LogP contribution in [0.2, 0.25) is 5.02 Å². The van der Waals surface area contributed by atoms with Gasteiger partial charge >= 0.3 is 0 Å². The third-order valence-corrected chi connectivity index (χ3v) is 4.83. The van der Waals surface area contributed by atoms with Crippen molar-refractivity contribution >= 4 is 29.0 Å². The number of aryl methyl sites for hydroxylation is 1. The van der Waals surface area contributed by atoms with Crippen LogP contribution < -0.4 is 10.2 Å². The summed E-state index contributed by atoms with van der Waals surface area (Å²) >= 11 is 6.08. The van der Waals surface area contributed by atoms with Crippen molar-refractivity contribution in [3.05, 3.63) is 53.3 Å². The third-order valence-electron chi connectivity index (χ3n) is 4.60. The number of hydrogen-bond acceptors (Lipinski definition) is 5. The van der Waals surface area contributed by atoms with Crippen LogP contribution in [0.25, 0.3) is 5.65 Å². The van der Waals surface area contributed by atoms with Gasteiger partial charge < -0.3 is 10.2 Å². The first-order valence-corrected chi connectivity index (χ1v) is 8.95. The van der Waals surface area contributed by atoms with Gasteiger partial charge in [0, 0.05) is 37.7 Å². The maximum Gasteiger partial charge on any atom is 0.270 e. The third kappa shape index (κ3) is 3.22. The normalized spacial score (nSPS) is 17.5. The fourth-order valence-electron chi connectivity index (χ4n) is 3.42. The molecule has 1 N–H and O–H groups in total. The lowest BCUT2D eigenvalue weighted by atomic mass is 10.1. The molecule has 0 aliphatic carbocycles. The first-order chi connectivity index (χ1) is 12.6. The number of anilines is 1. The van der Waals surface area contributed by atoms with E-state index in [1.807, 2.05) is 13.0 Å². The quantitative estimate of drug-likeness (QED) is 0.766. The summed E-state index contributed by atoms with van der Waals surface area (Å²) in [7, 11) is 0. The van der Waals surface area contributed by atoms with Crippen molar-refractivity contribution in [1.29, 1.82) is 0 Å². The van der Waals surface area contributed by atoms with Gasteiger partial charge in [-0.25, -0.2) is 9.97 Å². The summed E-state index contributed by atoms with van der Waals surface area (Å²) in [6.07, 6.45) is 8.73. The average Bonchev–Trinajstić information content (AvgIpc) is 2.97. The van der Waals surface area contributed by atoms with E-state index in [0.717, 1.165) is 25.2 Å². The number of rotatable bonds is 3. The fourth-order valence-corrected chi connectivity index (χ4v) is 3.58. The van der Waals surface area contributed by atoms with Crippen molar-refractivity contribution in [2.45, 2.75) is 25.8 Å². The zero-order chi connectivity index (χ0) is 18.1. The summed E-state index contributed by atoms with van der Waals surface area (Å²) in [5.74, 6) is 0.701.